The van der Waals surface area contributed by atoms with Gasteiger partial charge >= 0.3 is 0 Å². The van der Waals surface area contributed by atoms with Crippen LogP contribution in [-0.2, 0) is 6.42 Å². The fourth-order valence-corrected chi connectivity index (χ4v) is 3.12. The minimum absolute atomic E-state index is 0.899. The van der Waals surface area contributed by atoms with Gasteiger partial charge in [0.15, 0.2) is 5.13 Å². The molecular weight excluding hydrogens is 302 g/mol. The molecule has 3 nitrogen and oxygen atoms in total. The lowest BCUT2D eigenvalue weighted by molar-refractivity contribution is 1.02. The third-order valence-electron chi connectivity index (χ3n) is 3.72. The number of hydrogen-bond donors (Lipinski definition) is 1. The highest BCUT2D eigenvalue weighted by Crippen LogP contribution is 2.26. The fraction of sp³-hybridized carbons (Fsp3) is 0.211. The van der Waals surface area contributed by atoms with Crippen molar-refractivity contribution in [1.82, 2.24) is 4.98 Å². The highest BCUT2D eigenvalue weighted by Gasteiger charge is 2.05. The van der Waals surface area contributed by atoms with Gasteiger partial charge < -0.3 is 10.2 Å². The number of nitrogens with one attached hydrogen (secondary N) is 1. The normalized spacial score (nSPS) is 10.5. The number of benzene rings is 2. The van der Waals surface area contributed by atoms with Gasteiger partial charge in [0, 0.05) is 37.3 Å². The monoisotopic (exact) mass is 323 g/mol. The molecule has 0 bridgehead atoms. The van der Waals surface area contributed by atoms with Crippen LogP contribution < -0.4 is 10.2 Å². The smallest absolute Gasteiger partial charge is 0.183 e. The Labute approximate surface area is 141 Å². The zero-order valence-corrected chi connectivity index (χ0v) is 14.3. The molecule has 0 atom stereocenters. The molecular formula is C19H21N3S. The van der Waals surface area contributed by atoms with Crippen molar-refractivity contribution < 1.29 is 0 Å². The third-order valence-corrected chi connectivity index (χ3v) is 4.52. The van der Waals surface area contributed by atoms with Crippen LogP contribution in [0.1, 0.15) is 5.56 Å². The van der Waals surface area contributed by atoms with Gasteiger partial charge in [-0.05, 0) is 24.1 Å². The minimum Gasteiger partial charge on any atom is -0.378 e. The average molecular weight is 323 g/mol. The molecule has 0 saturated carbocycles. The van der Waals surface area contributed by atoms with Crippen molar-refractivity contribution in [3.63, 3.8) is 0 Å². The molecule has 118 valence electrons. The predicted molar refractivity (Wildman–Crippen MR) is 101 cm³/mol. The summed E-state index contributed by atoms with van der Waals surface area (Å²) in [4.78, 5) is 6.78. The van der Waals surface area contributed by atoms with Crippen LogP contribution >= 0.6 is 11.3 Å². The van der Waals surface area contributed by atoms with Gasteiger partial charge in [-0.1, -0.05) is 42.5 Å². The van der Waals surface area contributed by atoms with Gasteiger partial charge in [0.1, 0.15) is 0 Å². The lowest BCUT2D eigenvalue weighted by Gasteiger charge is -2.12. The molecule has 0 aliphatic carbocycles. The van der Waals surface area contributed by atoms with Crippen LogP contribution in [0.3, 0.4) is 0 Å². The maximum Gasteiger partial charge on any atom is 0.183 e. The van der Waals surface area contributed by atoms with Crippen LogP contribution in [0, 0.1) is 0 Å². The first-order valence-corrected chi connectivity index (χ1v) is 8.61. The topological polar surface area (TPSA) is 28.2 Å². The molecule has 3 aromatic rings. The summed E-state index contributed by atoms with van der Waals surface area (Å²) in [6.07, 6.45) is 1.01. The molecule has 0 aliphatic heterocycles. The SMILES string of the molecule is CN(C)c1ccc(-c2csc(NCCc3ccccc3)n2)cc1. The fourth-order valence-electron chi connectivity index (χ4n) is 2.38. The van der Waals surface area contributed by atoms with E-state index in [4.69, 9.17) is 0 Å². The van der Waals surface area contributed by atoms with E-state index in [1.807, 2.05) is 20.2 Å². The van der Waals surface area contributed by atoms with Crippen molar-refractivity contribution in [2.24, 2.45) is 0 Å². The molecule has 0 amide bonds. The van der Waals surface area contributed by atoms with Crippen LogP contribution in [0.2, 0.25) is 0 Å². The Kier molecular flexibility index (Phi) is 4.93. The molecule has 23 heavy (non-hydrogen) atoms. The molecule has 1 N–H and O–H groups in total. The van der Waals surface area contributed by atoms with Crippen LogP contribution in [0.25, 0.3) is 11.3 Å². The maximum absolute atomic E-state index is 4.68. The van der Waals surface area contributed by atoms with E-state index in [2.05, 4.69) is 69.1 Å². The molecule has 1 heterocycles. The second kappa shape index (κ2) is 7.29. The summed E-state index contributed by atoms with van der Waals surface area (Å²) >= 11 is 1.66. The molecule has 0 fully saturated rings. The molecule has 0 spiro atoms. The van der Waals surface area contributed by atoms with E-state index in [0.717, 1.165) is 29.4 Å². The highest BCUT2D eigenvalue weighted by molar-refractivity contribution is 7.14. The molecule has 0 unspecified atom stereocenters. The lowest BCUT2D eigenvalue weighted by atomic mass is 10.1. The molecule has 1 aromatic heterocycles. The third kappa shape index (κ3) is 4.11. The minimum atomic E-state index is 0.899. The van der Waals surface area contributed by atoms with Gasteiger partial charge in [0.05, 0.1) is 5.69 Å². The van der Waals surface area contributed by atoms with Crippen LogP contribution in [0.4, 0.5) is 10.8 Å². The Morgan fingerprint density at radius 2 is 1.74 bits per heavy atom. The van der Waals surface area contributed by atoms with E-state index in [1.165, 1.54) is 11.3 Å². The largest absolute Gasteiger partial charge is 0.378 e. The summed E-state index contributed by atoms with van der Waals surface area (Å²) in [7, 11) is 4.10. The second-order valence-electron chi connectivity index (χ2n) is 5.64. The lowest BCUT2D eigenvalue weighted by Crippen LogP contribution is -2.07. The number of hydrogen-bond acceptors (Lipinski definition) is 4. The average Bonchev–Trinajstić information content (AvgIpc) is 3.05. The second-order valence-corrected chi connectivity index (χ2v) is 6.50. The van der Waals surface area contributed by atoms with Gasteiger partial charge in [0.2, 0.25) is 0 Å². The Hall–Kier alpha value is -2.33. The van der Waals surface area contributed by atoms with Crippen molar-refractivity contribution in [2.45, 2.75) is 6.42 Å². The van der Waals surface area contributed by atoms with Crippen molar-refractivity contribution in [3.05, 3.63) is 65.5 Å². The number of anilines is 2. The Balaban J connectivity index is 1.59. The van der Waals surface area contributed by atoms with Crippen LogP contribution in [-0.4, -0.2) is 25.6 Å². The quantitative estimate of drug-likeness (QED) is 0.722. The van der Waals surface area contributed by atoms with Crippen molar-refractivity contribution in [2.75, 3.05) is 30.9 Å². The zero-order valence-electron chi connectivity index (χ0n) is 13.5. The van der Waals surface area contributed by atoms with Crippen molar-refractivity contribution in [1.29, 1.82) is 0 Å². The van der Waals surface area contributed by atoms with Crippen molar-refractivity contribution >= 4 is 22.2 Å². The molecule has 4 heteroatoms. The summed E-state index contributed by atoms with van der Waals surface area (Å²) in [5, 5.41) is 6.50. The van der Waals surface area contributed by atoms with Gasteiger partial charge in [-0.3, -0.25) is 0 Å². The standard InChI is InChI=1S/C19H21N3S/c1-22(2)17-10-8-16(9-11-17)18-14-23-19(21-18)20-13-12-15-6-4-3-5-7-15/h3-11,14H,12-13H2,1-2H3,(H,20,21). The van der Waals surface area contributed by atoms with Gasteiger partial charge in [0.25, 0.3) is 0 Å². The number of thiazole rings is 1. The summed E-state index contributed by atoms with van der Waals surface area (Å²) in [6.45, 7) is 0.899. The number of rotatable bonds is 6. The van der Waals surface area contributed by atoms with E-state index < -0.39 is 0 Å². The number of aromatic nitrogens is 1. The predicted octanol–water partition coefficient (Wildman–Crippen LogP) is 4.53. The highest BCUT2D eigenvalue weighted by atomic mass is 32.1. The summed E-state index contributed by atoms with van der Waals surface area (Å²) < 4.78 is 0. The van der Waals surface area contributed by atoms with E-state index >= 15 is 0 Å². The Bertz CT molecular complexity index is 733. The number of nitrogens with zero attached hydrogens (tertiary/aromatic N) is 2. The molecule has 3 rings (SSSR count). The molecule has 2 aromatic carbocycles. The van der Waals surface area contributed by atoms with E-state index in [1.54, 1.807) is 11.3 Å². The van der Waals surface area contributed by atoms with E-state index in [9.17, 15) is 0 Å². The first kappa shape index (κ1) is 15.6. The Morgan fingerprint density at radius 3 is 2.43 bits per heavy atom. The molecule has 0 saturated heterocycles. The first-order valence-electron chi connectivity index (χ1n) is 7.73. The van der Waals surface area contributed by atoms with E-state index in [-0.39, 0.29) is 0 Å². The van der Waals surface area contributed by atoms with Gasteiger partial charge in [-0.15, -0.1) is 11.3 Å². The van der Waals surface area contributed by atoms with Gasteiger partial charge in [-0.2, -0.15) is 0 Å². The summed E-state index contributed by atoms with van der Waals surface area (Å²) in [6, 6.07) is 19.0. The van der Waals surface area contributed by atoms with Crippen LogP contribution in [0.5, 0.6) is 0 Å². The van der Waals surface area contributed by atoms with E-state index in [0.29, 0.717) is 0 Å². The van der Waals surface area contributed by atoms with Crippen molar-refractivity contribution in [3.8, 4) is 11.3 Å². The first-order chi connectivity index (χ1) is 11.2. The molecule has 0 radical (unpaired) electrons. The maximum atomic E-state index is 4.68. The summed E-state index contributed by atoms with van der Waals surface area (Å²) in [5.74, 6) is 0. The zero-order chi connectivity index (χ0) is 16.1. The van der Waals surface area contributed by atoms with Gasteiger partial charge in [-0.25, -0.2) is 4.98 Å². The summed E-state index contributed by atoms with van der Waals surface area (Å²) in [5.41, 5.74) is 4.73. The van der Waals surface area contributed by atoms with Crippen LogP contribution in [0.15, 0.2) is 60.0 Å². The molecule has 0 aliphatic rings. The Morgan fingerprint density at radius 1 is 1.00 bits per heavy atom.